The van der Waals surface area contributed by atoms with Crippen molar-refractivity contribution < 1.29 is 4.79 Å². The van der Waals surface area contributed by atoms with Crippen LogP contribution in [0, 0.1) is 19.8 Å². The van der Waals surface area contributed by atoms with Crippen LogP contribution in [0.5, 0.6) is 0 Å². The molecule has 0 aliphatic carbocycles. The molecule has 1 amide bonds. The second kappa shape index (κ2) is 6.18. The zero-order valence-electron chi connectivity index (χ0n) is 13.1. The molecular formula is C15H21N5OS. The van der Waals surface area contributed by atoms with Crippen molar-refractivity contribution in [3.05, 3.63) is 33.5 Å². The Morgan fingerprint density at radius 1 is 1.50 bits per heavy atom. The zero-order valence-corrected chi connectivity index (χ0v) is 13.9. The predicted molar refractivity (Wildman–Crippen MR) is 85.7 cm³/mol. The number of hydrogen-bond donors (Lipinski definition) is 2. The number of nitrogens with one attached hydrogen (secondary N) is 2. The van der Waals surface area contributed by atoms with Gasteiger partial charge in [-0.05, 0) is 19.4 Å². The highest BCUT2D eigenvalue weighted by Crippen LogP contribution is 2.28. The molecule has 0 spiro atoms. The molecule has 3 heterocycles. The van der Waals surface area contributed by atoms with Crippen molar-refractivity contribution in [3.8, 4) is 0 Å². The number of rotatable bonds is 4. The van der Waals surface area contributed by atoms with Crippen LogP contribution in [0.2, 0.25) is 0 Å². The van der Waals surface area contributed by atoms with Crippen LogP contribution in [-0.4, -0.2) is 33.8 Å². The summed E-state index contributed by atoms with van der Waals surface area (Å²) in [5.74, 6) is 0.226. The maximum Gasteiger partial charge on any atom is 0.225 e. The molecule has 1 fully saturated rings. The molecular weight excluding hydrogens is 298 g/mol. The van der Waals surface area contributed by atoms with Crippen molar-refractivity contribution in [2.75, 3.05) is 13.1 Å². The average Bonchev–Trinajstić information content (AvgIpc) is 3.17. The SMILES string of the molecule is Cc1nc(CNC(=O)[C@H]2CNC[C@@H]2c2cnn(C)c2)sc1C. The quantitative estimate of drug-likeness (QED) is 0.886. The van der Waals surface area contributed by atoms with Gasteiger partial charge in [0.25, 0.3) is 0 Å². The van der Waals surface area contributed by atoms with Crippen LogP contribution in [0.1, 0.15) is 27.1 Å². The fourth-order valence-electron chi connectivity index (χ4n) is 2.84. The maximum atomic E-state index is 12.5. The van der Waals surface area contributed by atoms with Crippen LogP contribution in [0.15, 0.2) is 12.4 Å². The summed E-state index contributed by atoms with van der Waals surface area (Å²) in [6.07, 6.45) is 3.84. The first-order valence-electron chi connectivity index (χ1n) is 7.44. The van der Waals surface area contributed by atoms with Crippen LogP contribution in [0.4, 0.5) is 0 Å². The van der Waals surface area contributed by atoms with E-state index in [1.165, 1.54) is 4.88 Å². The van der Waals surface area contributed by atoms with Gasteiger partial charge in [-0.3, -0.25) is 9.48 Å². The van der Waals surface area contributed by atoms with Crippen molar-refractivity contribution in [2.24, 2.45) is 13.0 Å². The van der Waals surface area contributed by atoms with E-state index < -0.39 is 0 Å². The van der Waals surface area contributed by atoms with Gasteiger partial charge in [0, 0.05) is 37.1 Å². The van der Waals surface area contributed by atoms with E-state index in [9.17, 15) is 4.79 Å². The number of amides is 1. The zero-order chi connectivity index (χ0) is 15.7. The molecule has 7 heteroatoms. The number of aromatic nitrogens is 3. The molecule has 118 valence electrons. The van der Waals surface area contributed by atoms with Gasteiger partial charge >= 0.3 is 0 Å². The highest BCUT2D eigenvalue weighted by atomic mass is 32.1. The van der Waals surface area contributed by atoms with Gasteiger partial charge in [0.05, 0.1) is 24.4 Å². The van der Waals surface area contributed by atoms with E-state index in [0.29, 0.717) is 13.1 Å². The minimum Gasteiger partial charge on any atom is -0.349 e. The van der Waals surface area contributed by atoms with Crippen LogP contribution < -0.4 is 10.6 Å². The lowest BCUT2D eigenvalue weighted by Crippen LogP contribution is -2.33. The number of carbonyl (C=O) groups excluding carboxylic acids is 1. The minimum absolute atomic E-state index is 0.0497. The number of nitrogens with zero attached hydrogens (tertiary/aromatic N) is 3. The normalized spacial score (nSPS) is 21.2. The van der Waals surface area contributed by atoms with Gasteiger partial charge in [-0.15, -0.1) is 11.3 Å². The smallest absolute Gasteiger partial charge is 0.225 e. The van der Waals surface area contributed by atoms with Crippen LogP contribution in [0.25, 0.3) is 0 Å². The molecule has 2 aromatic heterocycles. The van der Waals surface area contributed by atoms with Crippen molar-refractivity contribution in [1.29, 1.82) is 0 Å². The van der Waals surface area contributed by atoms with Crippen LogP contribution >= 0.6 is 11.3 Å². The van der Waals surface area contributed by atoms with Crippen molar-refractivity contribution in [2.45, 2.75) is 26.3 Å². The van der Waals surface area contributed by atoms with Crippen LogP contribution in [-0.2, 0) is 18.4 Å². The summed E-state index contributed by atoms with van der Waals surface area (Å²) in [5, 5.41) is 11.5. The highest BCUT2D eigenvalue weighted by Gasteiger charge is 2.34. The Morgan fingerprint density at radius 3 is 2.95 bits per heavy atom. The summed E-state index contributed by atoms with van der Waals surface area (Å²) in [4.78, 5) is 18.2. The first-order chi connectivity index (χ1) is 10.5. The Kier molecular flexibility index (Phi) is 4.26. The minimum atomic E-state index is -0.0497. The predicted octanol–water partition coefficient (Wildman–Crippen LogP) is 1.11. The highest BCUT2D eigenvalue weighted by molar-refractivity contribution is 7.11. The molecule has 1 aliphatic heterocycles. The molecule has 0 aromatic carbocycles. The van der Waals surface area contributed by atoms with Crippen molar-refractivity contribution in [1.82, 2.24) is 25.4 Å². The number of thiazole rings is 1. The molecule has 2 aromatic rings. The fraction of sp³-hybridized carbons (Fsp3) is 0.533. The lowest BCUT2D eigenvalue weighted by atomic mass is 9.90. The van der Waals surface area contributed by atoms with Crippen molar-refractivity contribution >= 4 is 17.2 Å². The summed E-state index contributed by atoms with van der Waals surface area (Å²) < 4.78 is 1.78. The third-order valence-corrected chi connectivity index (χ3v) is 5.26. The third kappa shape index (κ3) is 3.05. The second-order valence-electron chi connectivity index (χ2n) is 5.79. The van der Waals surface area contributed by atoms with Gasteiger partial charge in [-0.2, -0.15) is 5.10 Å². The van der Waals surface area contributed by atoms with Gasteiger partial charge < -0.3 is 10.6 Å². The monoisotopic (exact) mass is 319 g/mol. The Morgan fingerprint density at radius 2 is 2.32 bits per heavy atom. The van der Waals surface area contributed by atoms with E-state index >= 15 is 0 Å². The molecule has 3 rings (SSSR count). The summed E-state index contributed by atoms with van der Waals surface area (Å²) in [6, 6.07) is 0. The Balaban J connectivity index is 1.63. The van der Waals surface area contributed by atoms with Gasteiger partial charge in [0.15, 0.2) is 0 Å². The number of hydrogen-bond acceptors (Lipinski definition) is 5. The largest absolute Gasteiger partial charge is 0.349 e. The van der Waals surface area contributed by atoms with E-state index in [1.54, 1.807) is 16.0 Å². The first kappa shape index (κ1) is 15.2. The molecule has 1 saturated heterocycles. The molecule has 6 nitrogen and oxygen atoms in total. The maximum absolute atomic E-state index is 12.5. The standard InChI is InChI=1S/C15H21N5OS/c1-9-10(2)22-14(19-9)7-17-15(21)13-6-16-5-12(13)11-4-18-20(3)8-11/h4,8,12-13,16H,5-7H2,1-3H3,(H,17,21)/t12-,13+/m1/s1. The number of carbonyl (C=O) groups is 1. The van der Waals surface area contributed by atoms with Gasteiger partial charge in [-0.1, -0.05) is 0 Å². The van der Waals surface area contributed by atoms with Crippen molar-refractivity contribution in [3.63, 3.8) is 0 Å². The summed E-state index contributed by atoms with van der Waals surface area (Å²) in [7, 11) is 1.90. The van der Waals surface area contributed by atoms with E-state index in [-0.39, 0.29) is 17.7 Å². The molecule has 2 N–H and O–H groups in total. The van der Waals surface area contributed by atoms with E-state index in [1.807, 2.05) is 26.4 Å². The Labute approximate surface area is 133 Å². The average molecular weight is 319 g/mol. The molecule has 0 saturated carbocycles. The van der Waals surface area contributed by atoms with Gasteiger partial charge in [-0.25, -0.2) is 4.98 Å². The summed E-state index contributed by atoms with van der Waals surface area (Å²) >= 11 is 1.64. The topological polar surface area (TPSA) is 71.8 Å². The van der Waals surface area contributed by atoms with E-state index in [2.05, 4.69) is 27.6 Å². The summed E-state index contributed by atoms with van der Waals surface area (Å²) in [6.45, 7) is 6.09. The lowest BCUT2D eigenvalue weighted by Gasteiger charge is -2.16. The van der Waals surface area contributed by atoms with Crippen LogP contribution in [0.3, 0.4) is 0 Å². The lowest BCUT2D eigenvalue weighted by molar-refractivity contribution is -0.125. The molecule has 1 aliphatic rings. The number of aryl methyl sites for hydroxylation is 3. The molecule has 22 heavy (non-hydrogen) atoms. The van der Waals surface area contributed by atoms with Gasteiger partial charge in [0.2, 0.25) is 5.91 Å². The van der Waals surface area contributed by atoms with E-state index in [4.69, 9.17) is 0 Å². The molecule has 0 bridgehead atoms. The van der Waals surface area contributed by atoms with E-state index in [0.717, 1.165) is 22.8 Å². The first-order valence-corrected chi connectivity index (χ1v) is 8.26. The summed E-state index contributed by atoms with van der Waals surface area (Å²) in [5.41, 5.74) is 2.17. The second-order valence-corrected chi connectivity index (χ2v) is 7.07. The third-order valence-electron chi connectivity index (χ3n) is 4.19. The Bertz CT molecular complexity index is 658. The molecule has 0 unspecified atom stereocenters. The van der Waals surface area contributed by atoms with Gasteiger partial charge in [0.1, 0.15) is 5.01 Å². The molecule has 2 atom stereocenters. The Hall–Kier alpha value is -1.73. The molecule has 0 radical (unpaired) electrons. The fourth-order valence-corrected chi connectivity index (χ4v) is 3.72.